The van der Waals surface area contributed by atoms with E-state index in [4.69, 9.17) is 16.0 Å². The molecule has 3 rings (SSSR count). The Bertz CT molecular complexity index is 825. The van der Waals surface area contributed by atoms with Crippen LogP contribution in [0, 0.1) is 0 Å². The van der Waals surface area contributed by atoms with Crippen LogP contribution >= 0.6 is 11.6 Å². The lowest BCUT2D eigenvalue weighted by Crippen LogP contribution is -2.36. The van der Waals surface area contributed by atoms with Gasteiger partial charge in [-0.05, 0) is 32.0 Å². The van der Waals surface area contributed by atoms with Crippen molar-refractivity contribution in [3.8, 4) is 0 Å². The maximum atomic E-state index is 11.9. The van der Waals surface area contributed by atoms with Crippen LogP contribution in [0.4, 0.5) is 0 Å². The molecule has 6 heteroatoms. The largest absolute Gasteiger partial charge is 0.478 e. The number of aliphatic imine (C=N–C) groups is 1. The average molecular weight is 345 g/mol. The molecule has 5 nitrogen and oxygen atoms in total. The van der Waals surface area contributed by atoms with Crippen LogP contribution in [0.5, 0.6) is 0 Å². The molecule has 1 aromatic carbocycles. The molecule has 1 aromatic heterocycles. The van der Waals surface area contributed by atoms with Crippen LogP contribution in [-0.2, 0) is 4.79 Å². The van der Waals surface area contributed by atoms with Crippen LogP contribution in [0.3, 0.4) is 0 Å². The Hall–Kier alpha value is -2.53. The fraction of sp³-hybridized carbons (Fsp3) is 0.222. The first-order valence-corrected chi connectivity index (χ1v) is 8.00. The molecule has 0 radical (unpaired) electrons. The van der Waals surface area contributed by atoms with Gasteiger partial charge in [-0.3, -0.25) is 4.99 Å². The summed E-state index contributed by atoms with van der Waals surface area (Å²) < 4.78 is 5.49. The molecule has 0 aliphatic carbocycles. The molecule has 0 saturated heterocycles. The Morgan fingerprint density at radius 3 is 2.67 bits per heavy atom. The van der Waals surface area contributed by atoms with E-state index in [9.17, 15) is 9.90 Å². The fourth-order valence-corrected chi connectivity index (χ4v) is 3.18. The zero-order valence-electron chi connectivity index (χ0n) is 13.4. The molecule has 2 heterocycles. The molecule has 124 valence electrons. The van der Waals surface area contributed by atoms with Gasteiger partial charge in [-0.15, -0.1) is 0 Å². The van der Waals surface area contributed by atoms with Gasteiger partial charge in [0.15, 0.2) is 11.6 Å². The maximum Gasteiger partial charge on any atom is 0.335 e. The van der Waals surface area contributed by atoms with Crippen LogP contribution in [0.25, 0.3) is 0 Å². The normalized spacial score (nSPS) is 17.9. The Morgan fingerprint density at radius 2 is 2.08 bits per heavy atom. The third-order valence-electron chi connectivity index (χ3n) is 4.06. The lowest BCUT2D eigenvalue weighted by molar-refractivity contribution is -0.133. The Labute approximate surface area is 144 Å². The van der Waals surface area contributed by atoms with E-state index in [-0.39, 0.29) is 5.57 Å². The molecule has 0 amide bonds. The summed E-state index contributed by atoms with van der Waals surface area (Å²) in [5.74, 6) is 0.200. The number of furan rings is 1. The van der Waals surface area contributed by atoms with Crippen molar-refractivity contribution < 1.29 is 14.3 Å². The predicted molar refractivity (Wildman–Crippen MR) is 92.2 cm³/mol. The van der Waals surface area contributed by atoms with Crippen molar-refractivity contribution in [1.29, 1.82) is 0 Å². The second kappa shape index (κ2) is 6.53. The van der Waals surface area contributed by atoms with Crippen LogP contribution in [0.2, 0.25) is 5.02 Å². The SMILES string of the molecule is CCN1C(c2ccco2)=NC(c2ccccc2Cl)C(C(=O)O)=C1C. The highest BCUT2D eigenvalue weighted by Gasteiger charge is 2.34. The highest BCUT2D eigenvalue weighted by atomic mass is 35.5. The quantitative estimate of drug-likeness (QED) is 0.906. The first kappa shape index (κ1) is 16.3. The van der Waals surface area contributed by atoms with Gasteiger partial charge in [0.25, 0.3) is 0 Å². The third kappa shape index (κ3) is 2.71. The highest BCUT2D eigenvalue weighted by Crippen LogP contribution is 2.38. The lowest BCUT2D eigenvalue weighted by Gasteiger charge is -2.33. The molecular weight excluding hydrogens is 328 g/mol. The molecular formula is C18H17ClN2O3. The Morgan fingerprint density at radius 1 is 1.33 bits per heavy atom. The first-order valence-electron chi connectivity index (χ1n) is 7.62. The van der Waals surface area contributed by atoms with E-state index in [1.54, 1.807) is 37.5 Å². The number of nitrogens with zero attached hydrogens (tertiary/aromatic N) is 2. The molecule has 1 unspecified atom stereocenters. The van der Waals surface area contributed by atoms with Crippen molar-refractivity contribution in [3.63, 3.8) is 0 Å². The van der Waals surface area contributed by atoms with Gasteiger partial charge in [0, 0.05) is 22.8 Å². The Balaban J connectivity index is 2.21. The summed E-state index contributed by atoms with van der Waals surface area (Å²) in [6.45, 7) is 4.31. The summed E-state index contributed by atoms with van der Waals surface area (Å²) in [5, 5.41) is 10.2. The number of carboxylic acid groups (broad SMARTS) is 1. The van der Waals surface area contributed by atoms with Crippen molar-refractivity contribution in [2.75, 3.05) is 6.54 Å². The van der Waals surface area contributed by atoms with Crippen LogP contribution in [0.1, 0.15) is 31.2 Å². The van der Waals surface area contributed by atoms with E-state index >= 15 is 0 Å². The molecule has 1 aliphatic rings. The monoisotopic (exact) mass is 344 g/mol. The van der Waals surface area contributed by atoms with Gasteiger partial charge in [0.1, 0.15) is 6.04 Å². The van der Waals surface area contributed by atoms with Gasteiger partial charge in [0.2, 0.25) is 0 Å². The number of rotatable bonds is 4. The van der Waals surface area contributed by atoms with E-state index in [0.29, 0.717) is 34.4 Å². The van der Waals surface area contributed by atoms with Gasteiger partial charge in [-0.1, -0.05) is 29.8 Å². The van der Waals surface area contributed by atoms with E-state index in [1.165, 1.54) is 0 Å². The second-order valence-corrected chi connectivity index (χ2v) is 5.81. The van der Waals surface area contributed by atoms with Crippen LogP contribution in [0.15, 0.2) is 63.3 Å². The van der Waals surface area contributed by atoms with E-state index in [1.807, 2.05) is 24.0 Å². The Kier molecular flexibility index (Phi) is 4.44. The minimum Gasteiger partial charge on any atom is -0.478 e. The van der Waals surface area contributed by atoms with Gasteiger partial charge in [-0.2, -0.15) is 0 Å². The number of hydrogen-bond donors (Lipinski definition) is 1. The molecule has 0 spiro atoms. The van der Waals surface area contributed by atoms with Gasteiger partial charge in [0.05, 0.1) is 11.8 Å². The maximum absolute atomic E-state index is 11.9. The van der Waals surface area contributed by atoms with E-state index < -0.39 is 12.0 Å². The number of carbonyl (C=O) groups is 1. The predicted octanol–water partition coefficient (Wildman–Crippen LogP) is 4.12. The summed E-state index contributed by atoms with van der Waals surface area (Å²) >= 11 is 6.30. The highest BCUT2D eigenvalue weighted by molar-refractivity contribution is 6.31. The molecule has 2 aromatic rings. The summed E-state index contributed by atoms with van der Waals surface area (Å²) in [5.41, 5.74) is 1.52. The molecule has 1 atom stereocenters. The standard InChI is InChI=1S/C18H17ClN2O3/c1-3-21-11(2)15(18(22)23)16(12-7-4-5-8-13(12)19)20-17(21)14-9-6-10-24-14/h4-10,16H,3H2,1-2H3,(H,22,23). The molecule has 24 heavy (non-hydrogen) atoms. The van der Waals surface area contributed by atoms with Crippen LogP contribution in [-0.4, -0.2) is 28.4 Å². The lowest BCUT2D eigenvalue weighted by atomic mass is 9.95. The molecule has 1 N–H and O–H groups in total. The van der Waals surface area contributed by atoms with Crippen LogP contribution < -0.4 is 0 Å². The number of halogens is 1. The average Bonchev–Trinajstić information content (AvgIpc) is 3.08. The van der Waals surface area contributed by atoms with Gasteiger partial charge < -0.3 is 14.4 Å². The molecule has 0 fully saturated rings. The molecule has 1 aliphatic heterocycles. The van der Waals surface area contributed by atoms with Crippen molar-refractivity contribution in [3.05, 3.63) is 70.3 Å². The van der Waals surface area contributed by atoms with Crippen molar-refractivity contribution >= 4 is 23.4 Å². The number of hydrogen-bond acceptors (Lipinski definition) is 4. The zero-order chi connectivity index (χ0) is 17.3. The van der Waals surface area contributed by atoms with Gasteiger partial charge in [-0.25, -0.2) is 4.79 Å². The zero-order valence-corrected chi connectivity index (χ0v) is 14.1. The number of allylic oxidation sites excluding steroid dienone is 1. The number of amidine groups is 1. The molecule has 0 bridgehead atoms. The number of benzene rings is 1. The van der Waals surface area contributed by atoms with Crippen molar-refractivity contribution in [2.45, 2.75) is 19.9 Å². The first-order chi connectivity index (χ1) is 11.5. The summed E-state index contributed by atoms with van der Waals surface area (Å²) in [6.07, 6.45) is 1.57. The molecule has 0 saturated carbocycles. The smallest absolute Gasteiger partial charge is 0.335 e. The number of carboxylic acids is 1. The van der Waals surface area contributed by atoms with E-state index in [2.05, 4.69) is 4.99 Å². The van der Waals surface area contributed by atoms with Crippen molar-refractivity contribution in [1.82, 2.24) is 4.90 Å². The van der Waals surface area contributed by atoms with E-state index in [0.717, 1.165) is 0 Å². The number of aliphatic carboxylic acids is 1. The van der Waals surface area contributed by atoms with Gasteiger partial charge >= 0.3 is 5.97 Å². The minimum absolute atomic E-state index is 0.222. The minimum atomic E-state index is -1.00. The second-order valence-electron chi connectivity index (χ2n) is 5.40. The topological polar surface area (TPSA) is 66.0 Å². The third-order valence-corrected chi connectivity index (χ3v) is 4.41. The fourth-order valence-electron chi connectivity index (χ4n) is 2.94. The summed E-state index contributed by atoms with van der Waals surface area (Å²) in [7, 11) is 0. The summed E-state index contributed by atoms with van der Waals surface area (Å²) in [4.78, 5) is 18.4. The summed E-state index contributed by atoms with van der Waals surface area (Å²) in [6, 6.07) is 10.1. The van der Waals surface area contributed by atoms with Crippen molar-refractivity contribution in [2.24, 2.45) is 4.99 Å².